The maximum Gasteiger partial charge on any atom is 0.269 e. The van der Waals surface area contributed by atoms with Crippen molar-refractivity contribution in [3.8, 4) is 0 Å². The van der Waals surface area contributed by atoms with Crippen LogP contribution in [0.15, 0.2) is 12.1 Å². The standard InChI is InChI=1S/C11H16N6O/c1-6(3-8-4-7(2)14-15-8)13-11(18)9-5-10(12)17-16-9/h4-6H,3H2,1-2H3,(H,13,18)(H,14,15)(H3,12,16,17)/t6-/m1/s1. The average molecular weight is 248 g/mol. The number of aryl methyl sites for hydroxylation is 1. The highest BCUT2D eigenvalue weighted by Gasteiger charge is 2.13. The van der Waals surface area contributed by atoms with Gasteiger partial charge in [-0.3, -0.25) is 15.0 Å². The van der Waals surface area contributed by atoms with Crippen molar-refractivity contribution in [2.75, 3.05) is 5.73 Å². The van der Waals surface area contributed by atoms with E-state index >= 15 is 0 Å². The second-order valence-corrected chi connectivity index (χ2v) is 4.33. The summed E-state index contributed by atoms with van der Waals surface area (Å²) in [7, 11) is 0. The number of nitrogens with two attached hydrogens (primary N) is 1. The van der Waals surface area contributed by atoms with Gasteiger partial charge in [-0.1, -0.05) is 0 Å². The second-order valence-electron chi connectivity index (χ2n) is 4.33. The molecule has 96 valence electrons. The molecular formula is C11H16N6O. The first kappa shape index (κ1) is 12.2. The van der Waals surface area contributed by atoms with Gasteiger partial charge in [0.2, 0.25) is 0 Å². The molecule has 0 bridgehead atoms. The number of carbonyl (C=O) groups is 1. The maximum atomic E-state index is 11.8. The lowest BCUT2D eigenvalue weighted by molar-refractivity contribution is 0.0935. The molecule has 0 aliphatic heterocycles. The summed E-state index contributed by atoms with van der Waals surface area (Å²) >= 11 is 0. The summed E-state index contributed by atoms with van der Waals surface area (Å²) in [5.41, 5.74) is 7.72. The molecule has 0 aliphatic carbocycles. The molecule has 7 heteroatoms. The van der Waals surface area contributed by atoms with Gasteiger partial charge >= 0.3 is 0 Å². The number of rotatable bonds is 4. The highest BCUT2D eigenvalue weighted by atomic mass is 16.2. The van der Waals surface area contributed by atoms with Gasteiger partial charge in [-0.2, -0.15) is 10.2 Å². The van der Waals surface area contributed by atoms with Crippen LogP contribution in [-0.4, -0.2) is 32.3 Å². The van der Waals surface area contributed by atoms with Crippen LogP contribution in [0.2, 0.25) is 0 Å². The molecule has 0 radical (unpaired) electrons. The van der Waals surface area contributed by atoms with Gasteiger partial charge in [0.1, 0.15) is 11.5 Å². The summed E-state index contributed by atoms with van der Waals surface area (Å²) in [5.74, 6) is 0.0784. The van der Waals surface area contributed by atoms with Crippen molar-refractivity contribution in [1.29, 1.82) is 0 Å². The normalized spacial score (nSPS) is 12.3. The van der Waals surface area contributed by atoms with Crippen molar-refractivity contribution in [3.63, 3.8) is 0 Å². The number of carbonyl (C=O) groups excluding carboxylic acids is 1. The Balaban J connectivity index is 1.91. The molecule has 2 heterocycles. The summed E-state index contributed by atoms with van der Waals surface area (Å²) in [6, 6.07) is 3.43. The van der Waals surface area contributed by atoms with Gasteiger partial charge in [-0.25, -0.2) is 0 Å². The molecule has 2 aromatic heterocycles. The van der Waals surface area contributed by atoms with E-state index in [2.05, 4.69) is 25.7 Å². The molecular weight excluding hydrogens is 232 g/mol. The Kier molecular flexibility index (Phi) is 3.31. The number of hydrogen-bond acceptors (Lipinski definition) is 4. The van der Waals surface area contributed by atoms with Crippen molar-refractivity contribution >= 4 is 11.7 Å². The third kappa shape index (κ3) is 2.88. The molecule has 0 saturated carbocycles. The Morgan fingerprint density at radius 1 is 1.44 bits per heavy atom. The van der Waals surface area contributed by atoms with Crippen LogP contribution in [0.1, 0.15) is 28.8 Å². The number of anilines is 1. The van der Waals surface area contributed by atoms with Crippen molar-refractivity contribution < 1.29 is 4.79 Å². The Morgan fingerprint density at radius 3 is 2.78 bits per heavy atom. The molecule has 5 N–H and O–H groups in total. The molecule has 2 rings (SSSR count). The number of nitrogens with one attached hydrogen (secondary N) is 3. The van der Waals surface area contributed by atoms with Gasteiger partial charge < -0.3 is 11.1 Å². The molecule has 2 aromatic rings. The monoisotopic (exact) mass is 248 g/mol. The molecule has 1 atom stereocenters. The quantitative estimate of drug-likeness (QED) is 0.626. The Labute approximate surface area is 104 Å². The zero-order valence-electron chi connectivity index (χ0n) is 10.3. The van der Waals surface area contributed by atoms with Crippen LogP contribution in [-0.2, 0) is 6.42 Å². The van der Waals surface area contributed by atoms with Gasteiger partial charge in [-0.15, -0.1) is 0 Å². The highest BCUT2D eigenvalue weighted by molar-refractivity contribution is 5.93. The van der Waals surface area contributed by atoms with Gasteiger partial charge in [0.05, 0.1) is 5.69 Å². The third-order valence-electron chi connectivity index (χ3n) is 2.49. The molecule has 0 fully saturated rings. The van der Waals surface area contributed by atoms with Crippen molar-refractivity contribution in [1.82, 2.24) is 25.7 Å². The fourth-order valence-corrected chi connectivity index (χ4v) is 1.70. The number of amides is 1. The minimum Gasteiger partial charge on any atom is -0.382 e. The first-order valence-corrected chi connectivity index (χ1v) is 5.67. The van der Waals surface area contributed by atoms with E-state index in [9.17, 15) is 4.79 Å². The highest BCUT2D eigenvalue weighted by Crippen LogP contribution is 2.04. The van der Waals surface area contributed by atoms with Crippen LogP contribution in [0.5, 0.6) is 0 Å². The minimum atomic E-state index is -0.223. The second kappa shape index (κ2) is 4.91. The van der Waals surface area contributed by atoms with E-state index in [4.69, 9.17) is 5.73 Å². The third-order valence-corrected chi connectivity index (χ3v) is 2.49. The Hall–Kier alpha value is -2.31. The van der Waals surface area contributed by atoms with Crippen molar-refractivity contribution in [2.24, 2.45) is 0 Å². The lowest BCUT2D eigenvalue weighted by Crippen LogP contribution is -2.34. The summed E-state index contributed by atoms with van der Waals surface area (Å²) in [4.78, 5) is 11.8. The van der Waals surface area contributed by atoms with E-state index in [0.29, 0.717) is 17.9 Å². The molecule has 7 nitrogen and oxygen atoms in total. The van der Waals surface area contributed by atoms with Crippen LogP contribution < -0.4 is 11.1 Å². The molecule has 1 amide bonds. The number of nitrogen functional groups attached to an aromatic ring is 1. The molecule has 0 saturated heterocycles. The minimum absolute atomic E-state index is 0.0234. The number of nitrogens with zero attached hydrogens (tertiary/aromatic N) is 2. The molecule has 0 aliphatic rings. The Morgan fingerprint density at radius 2 is 2.22 bits per heavy atom. The van der Waals surface area contributed by atoms with Crippen molar-refractivity contribution in [3.05, 3.63) is 29.2 Å². The van der Waals surface area contributed by atoms with E-state index in [1.54, 1.807) is 0 Å². The molecule has 18 heavy (non-hydrogen) atoms. The lowest BCUT2D eigenvalue weighted by Gasteiger charge is -2.11. The van der Waals surface area contributed by atoms with Crippen LogP contribution in [0.3, 0.4) is 0 Å². The number of H-pyrrole nitrogens is 2. The average Bonchev–Trinajstić information content (AvgIpc) is 2.87. The fourth-order valence-electron chi connectivity index (χ4n) is 1.70. The largest absolute Gasteiger partial charge is 0.382 e. The summed E-state index contributed by atoms with van der Waals surface area (Å²) in [6.45, 7) is 3.86. The maximum absolute atomic E-state index is 11.8. The molecule has 0 aromatic carbocycles. The van der Waals surface area contributed by atoms with E-state index in [1.165, 1.54) is 6.07 Å². The van der Waals surface area contributed by atoms with Crippen LogP contribution in [0, 0.1) is 6.92 Å². The topological polar surface area (TPSA) is 112 Å². The number of aromatic nitrogens is 4. The van der Waals surface area contributed by atoms with Crippen molar-refractivity contribution in [2.45, 2.75) is 26.3 Å². The summed E-state index contributed by atoms with van der Waals surface area (Å²) in [5, 5.41) is 16.1. The van der Waals surface area contributed by atoms with Crippen LogP contribution in [0.25, 0.3) is 0 Å². The van der Waals surface area contributed by atoms with Gasteiger partial charge in [-0.05, 0) is 19.9 Å². The molecule has 0 unspecified atom stereocenters. The van der Waals surface area contributed by atoms with E-state index in [0.717, 1.165) is 11.4 Å². The van der Waals surface area contributed by atoms with E-state index in [-0.39, 0.29) is 11.9 Å². The molecule has 0 spiro atoms. The zero-order valence-corrected chi connectivity index (χ0v) is 10.3. The fraction of sp³-hybridized carbons (Fsp3) is 0.364. The van der Waals surface area contributed by atoms with Gasteiger partial charge in [0, 0.05) is 24.2 Å². The predicted octanol–water partition coefficient (Wildman–Crippen LogP) is 0.384. The van der Waals surface area contributed by atoms with E-state index in [1.807, 2.05) is 19.9 Å². The van der Waals surface area contributed by atoms with E-state index < -0.39 is 0 Å². The van der Waals surface area contributed by atoms with Crippen LogP contribution in [0.4, 0.5) is 5.82 Å². The number of aromatic amines is 2. The summed E-state index contributed by atoms with van der Waals surface area (Å²) in [6.07, 6.45) is 0.666. The predicted molar refractivity (Wildman–Crippen MR) is 67.0 cm³/mol. The van der Waals surface area contributed by atoms with Gasteiger partial charge in [0.25, 0.3) is 5.91 Å². The summed E-state index contributed by atoms with van der Waals surface area (Å²) < 4.78 is 0. The van der Waals surface area contributed by atoms with Gasteiger partial charge in [0.15, 0.2) is 0 Å². The van der Waals surface area contributed by atoms with Crippen LogP contribution >= 0.6 is 0 Å². The SMILES string of the molecule is Cc1cc(C[C@@H](C)NC(=O)c2cc(N)n[nH]2)n[nH]1. The zero-order chi connectivity index (χ0) is 13.1. The first-order chi connectivity index (χ1) is 8.54. The Bertz CT molecular complexity index is 543. The smallest absolute Gasteiger partial charge is 0.269 e. The lowest BCUT2D eigenvalue weighted by atomic mass is 10.1. The first-order valence-electron chi connectivity index (χ1n) is 5.67. The number of hydrogen-bond donors (Lipinski definition) is 4.